The summed E-state index contributed by atoms with van der Waals surface area (Å²) in [4.78, 5) is 31.9. The molecule has 0 heterocycles. The van der Waals surface area contributed by atoms with Gasteiger partial charge in [-0.15, -0.1) is 0 Å². The van der Waals surface area contributed by atoms with E-state index in [9.17, 15) is 4.79 Å². The summed E-state index contributed by atoms with van der Waals surface area (Å²) in [6.45, 7) is 0.546. The third-order valence-corrected chi connectivity index (χ3v) is 0.943. The first-order valence-electron chi connectivity index (χ1n) is 3.37. The highest BCUT2D eigenvalue weighted by Gasteiger charge is 2.18. The van der Waals surface area contributed by atoms with E-state index in [1.54, 1.807) is 0 Å². The standard InChI is InChI=1S/C5H10O4.H3O4P/c1-3(7)5(9)4(8)2-6;1-5(2,3)4/h3,5-7,9H,2H2,1H3;(H3,1,2,3,4). The summed E-state index contributed by atoms with van der Waals surface area (Å²) in [6.07, 6.45) is -2.56. The molecule has 0 saturated carbocycles. The summed E-state index contributed by atoms with van der Waals surface area (Å²) < 4.78 is 8.88. The fourth-order valence-corrected chi connectivity index (χ4v) is 0.363. The fourth-order valence-electron chi connectivity index (χ4n) is 0.363. The molecule has 0 aliphatic rings. The van der Waals surface area contributed by atoms with Crippen molar-refractivity contribution in [1.29, 1.82) is 0 Å². The number of rotatable bonds is 3. The number of aliphatic hydroxyl groups excluding tert-OH is 3. The van der Waals surface area contributed by atoms with E-state index in [0.29, 0.717) is 0 Å². The van der Waals surface area contributed by atoms with Gasteiger partial charge in [-0.05, 0) is 6.92 Å². The number of hydrogen-bond donors (Lipinski definition) is 6. The van der Waals surface area contributed by atoms with E-state index in [-0.39, 0.29) is 0 Å². The molecular formula is C5H13O8P. The Labute approximate surface area is 79.7 Å². The van der Waals surface area contributed by atoms with Crippen molar-refractivity contribution >= 4 is 13.6 Å². The molecule has 2 atom stereocenters. The first-order chi connectivity index (χ1) is 6.09. The predicted molar refractivity (Wildman–Crippen MR) is 44.0 cm³/mol. The van der Waals surface area contributed by atoms with Crippen molar-refractivity contribution in [1.82, 2.24) is 0 Å². The van der Waals surface area contributed by atoms with Gasteiger partial charge in [0, 0.05) is 0 Å². The Morgan fingerprint density at radius 1 is 1.29 bits per heavy atom. The minimum atomic E-state index is -4.64. The second kappa shape index (κ2) is 7.02. The van der Waals surface area contributed by atoms with E-state index in [4.69, 9.17) is 34.6 Å². The third kappa shape index (κ3) is 14.2. The van der Waals surface area contributed by atoms with Crippen molar-refractivity contribution in [3.8, 4) is 0 Å². The molecule has 0 bridgehead atoms. The molecule has 0 fully saturated rings. The van der Waals surface area contributed by atoms with Gasteiger partial charge in [0.2, 0.25) is 0 Å². The van der Waals surface area contributed by atoms with E-state index < -0.39 is 32.4 Å². The Balaban J connectivity index is 0. The van der Waals surface area contributed by atoms with Gasteiger partial charge >= 0.3 is 7.82 Å². The maximum atomic E-state index is 10.3. The molecule has 6 N–H and O–H groups in total. The Bertz CT molecular complexity index is 200. The Hall–Kier alpha value is -0.340. The van der Waals surface area contributed by atoms with E-state index in [0.717, 1.165) is 0 Å². The molecule has 14 heavy (non-hydrogen) atoms. The van der Waals surface area contributed by atoms with Crippen molar-refractivity contribution in [2.24, 2.45) is 0 Å². The zero-order valence-corrected chi connectivity index (χ0v) is 8.20. The van der Waals surface area contributed by atoms with Crippen molar-refractivity contribution in [3.05, 3.63) is 0 Å². The van der Waals surface area contributed by atoms with Crippen LogP contribution in [0.25, 0.3) is 0 Å². The summed E-state index contributed by atoms with van der Waals surface area (Å²) in [5.74, 6) is -0.759. The van der Waals surface area contributed by atoms with Gasteiger partial charge in [-0.3, -0.25) is 4.79 Å². The van der Waals surface area contributed by atoms with Gasteiger partial charge in [-0.2, -0.15) is 0 Å². The number of phosphoric acid groups is 1. The van der Waals surface area contributed by atoms with Crippen LogP contribution in [0.2, 0.25) is 0 Å². The quantitative estimate of drug-likeness (QED) is 0.288. The molecule has 8 nitrogen and oxygen atoms in total. The molecule has 2 unspecified atom stereocenters. The van der Waals surface area contributed by atoms with Gasteiger partial charge in [-0.1, -0.05) is 0 Å². The maximum absolute atomic E-state index is 10.3. The molecule has 0 aromatic rings. The van der Waals surface area contributed by atoms with Gasteiger partial charge in [-0.25, -0.2) is 4.57 Å². The van der Waals surface area contributed by atoms with Crippen LogP contribution in [-0.2, 0) is 9.36 Å². The summed E-state index contributed by atoms with van der Waals surface area (Å²) in [6, 6.07) is 0. The topological polar surface area (TPSA) is 156 Å². The van der Waals surface area contributed by atoms with Crippen LogP contribution in [0.3, 0.4) is 0 Å². The third-order valence-electron chi connectivity index (χ3n) is 0.943. The lowest BCUT2D eigenvalue weighted by atomic mass is 10.1. The fraction of sp³-hybridized carbons (Fsp3) is 0.800. The smallest absolute Gasteiger partial charge is 0.390 e. The molecule has 0 aromatic carbocycles. The number of carbonyl (C=O) groups is 1. The number of carbonyl (C=O) groups excluding carboxylic acids is 1. The second-order valence-corrected chi connectivity index (χ2v) is 3.35. The molecule has 0 radical (unpaired) electrons. The summed E-state index contributed by atoms with van der Waals surface area (Å²) in [5, 5.41) is 25.3. The van der Waals surface area contributed by atoms with Crippen molar-refractivity contribution in [2.45, 2.75) is 19.1 Å². The van der Waals surface area contributed by atoms with Gasteiger partial charge in [0.15, 0.2) is 5.78 Å². The average molecular weight is 232 g/mol. The number of ketones is 1. The maximum Gasteiger partial charge on any atom is 0.466 e. The van der Waals surface area contributed by atoms with Crippen LogP contribution in [0, 0.1) is 0 Å². The molecule has 0 saturated heterocycles. The molecule has 0 aliphatic heterocycles. The molecule has 0 rings (SSSR count). The van der Waals surface area contributed by atoms with Crippen LogP contribution in [0.1, 0.15) is 6.92 Å². The summed E-state index contributed by atoms with van der Waals surface area (Å²) in [5.41, 5.74) is 0. The Kier molecular flexibility index (Phi) is 8.07. The molecular weight excluding hydrogens is 219 g/mol. The van der Waals surface area contributed by atoms with E-state index in [2.05, 4.69) is 0 Å². The van der Waals surface area contributed by atoms with Crippen LogP contribution < -0.4 is 0 Å². The minimum absolute atomic E-state index is 0.730. The number of Topliss-reactive ketones (excluding diaryl/α,β-unsaturated/α-hetero) is 1. The van der Waals surface area contributed by atoms with Gasteiger partial charge in [0.05, 0.1) is 6.10 Å². The van der Waals surface area contributed by atoms with Gasteiger partial charge < -0.3 is 30.0 Å². The first kappa shape index (κ1) is 16.1. The van der Waals surface area contributed by atoms with Crippen LogP contribution in [0.5, 0.6) is 0 Å². The van der Waals surface area contributed by atoms with Crippen molar-refractivity contribution in [3.63, 3.8) is 0 Å². The lowest BCUT2D eigenvalue weighted by Crippen LogP contribution is -2.33. The van der Waals surface area contributed by atoms with Crippen LogP contribution >= 0.6 is 7.82 Å². The Morgan fingerprint density at radius 2 is 1.57 bits per heavy atom. The molecule has 0 amide bonds. The molecule has 9 heteroatoms. The van der Waals surface area contributed by atoms with Crippen molar-refractivity contribution in [2.75, 3.05) is 6.61 Å². The van der Waals surface area contributed by atoms with Crippen molar-refractivity contribution < 1.29 is 39.4 Å². The molecule has 0 aliphatic carbocycles. The van der Waals surface area contributed by atoms with Crippen LogP contribution in [0.15, 0.2) is 0 Å². The minimum Gasteiger partial charge on any atom is -0.390 e. The lowest BCUT2D eigenvalue weighted by Gasteiger charge is -2.09. The highest BCUT2D eigenvalue weighted by molar-refractivity contribution is 7.45. The zero-order chi connectivity index (χ0) is 11.9. The molecule has 0 spiro atoms. The number of hydrogen-bond acceptors (Lipinski definition) is 5. The normalized spacial score (nSPS) is 15.1. The molecule has 86 valence electrons. The predicted octanol–water partition coefficient (Wildman–Crippen LogP) is -2.64. The second-order valence-electron chi connectivity index (χ2n) is 2.32. The summed E-state index contributed by atoms with van der Waals surface area (Å²) >= 11 is 0. The molecule has 0 aromatic heterocycles. The monoisotopic (exact) mass is 232 g/mol. The van der Waals surface area contributed by atoms with Gasteiger partial charge in [0.1, 0.15) is 12.7 Å². The lowest BCUT2D eigenvalue weighted by molar-refractivity contribution is -0.134. The van der Waals surface area contributed by atoms with Crippen LogP contribution in [0.4, 0.5) is 0 Å². The first-order valence-corrected chi connectivity index (χ1v) is 4.94. The summed E-state index contributed by atoms with van der Waals surface area (Å²) in [7, 11) is -4.64. The zero-order valence-electron chi connectivity index (χ0n) is 7.31. The highest BCUT2D eigenvalue weighted by atomic mass is 31.2. The Morgan fingerprint density at radius 3 is 1.64 bits per heavy atom. The van der Waals surface area contributed by atoms with Crippen LogP contribution in [-0.4, -0.2) is 54.6 Å². The number of aliphatic hydroxyl groups is 3. The van der Waals surface area contributed by atoms with E-state index in [1.165, 1.54) is 6.92 Å². The van der Waals surface area contributed by atoms with Gasteiger partial charge in [0.25, 0.3) is 0 Å². The SMILES string of the molecule is CC(O)C(O)C(=O)CO.O=P(O)(O)O. The highest BCUT2D eigenvalue weighted by Crippen LogP contribution is 2.25. The average Bonchev–Trinajstić information content (AvgIpc) is 1.98. The van der Waals surface area contributed by atoms with E-state index >= 15 is 0 Å². The largest absolute Gasteiger partial charge is 0.466 e. The van der Waals surface area contributed by atoms with E-state index in [1.807, 2.05) is 0 Å².